The van der Waals surface area contributed by atoms with Gasteiger partial charge in [0.15, 0.2) is 11.5 Å². The van der Waals surface area contributed by atoms with Crippen molar-refractivity contribution >= 4 is 0 Å². The maximum absolute atomic E-state index is 5.47. The summed E-state index contributed by atoms with van der Waals surface area (Å²) in [4.78, 5) is 7.30. The Kier molecular flexibility index (Phi) is 3.65. The summed E-state index contributed by atoms with van der Waals surface area (Å²) in [7, 11) is 0. The molecular formula is C14H17N3O2. The van der Waals surface area contributed by atoms with Crippen molar-refractivity contribution in [3.05, 3.63) is 42.0 Å². The normalized spacial score (nSPS) is 12.8. The van der Waals surface area contributed by atoms with E-state index in [4.69, 9.17) is 9.47 Å². The molecule has 100 valence electrons. The van der Waals surface area contributed by atoms with Gasteiger partial charge < -0.3 is 19.8 Å². The monoisotopic (exact) mass is 259 g/mol. The van der Waals surface area contributed by atoms with Gasteiger partial charge in [-0.2, -0.15) is 0 Å². The summed E-state index contributed by atoms with van der Waals surface area (Å²) >= 11 is 0. The van der Waals surface area contributed by atoms with E-state index in [-0.39, 0.29) is 0 Å². The number of para-hydroxylation sites is 1. The predicted octanol–water partition coefficient (Wildman–Crippen LogP) is 1.86. The van der Waals surface area contributed by atoms with Crippen molar-refractivity contribution in [2.24, 2.45) is 0 Å². The number of aromatic amines is 1. The first-order valence-corrected chi connectivity index (χ1v) is 6.50. The van der Waals surface area contributed by atoms with Gasteiger partial charge in [0.25, 0.3) is 0 Å². The fourth-order valence-electron chi connectivity index (χ4n) is 2.17. The molecule has 19 heavy (non-hydrogen) atoms. The minimum atomic E-state index is 0.324. The third-order valence-electron chi connectivity index (χ3n) is 3.12. The number of hydrogen-bond donors (Lipinski definition) is 2. The standard InChI is InChI=1S/C14H17N3O2/c1-3-11(14-12(4-1)18-10-19-14)9-15-6-2-5-13-16-7-8-17-13/h1,3-4,7-8,15H,2,5-6,9-10H2,(H,16,17). The van der Waals surface area contributed by atoms with Crippen LogP contribution in [0.15, 0.2) is 30.6 Å². The van der Waals surface area contributed by atoms with Crippen molar-refractivity contribution in [3.8, 4) is 11.5 Å². The number of ether oxygens (including phenoxy) is 2. The highest BCUT2D eigenvalue weighted by atomic mass is 16.7. The van der Waals surface area contributed by atoms with Crippen LogP contribution in [0.1, 0.15) is 17.8 Å². The molecule has 2 N–H and O–H groups in total. The highest BCUT2D eigenvalue weighted by Crippen LogP contribution is 2.35. The van der Waals surface area contributed by atoms with Crippen molar-refractivity contribution in [2.75, 3.05) is 13.3 Å². The maximum Gasteiger partial charge on any atom is 0.231 e. The van der Waals surface area contributed by atoms with Crippen molar-refractivity contribution < 1.29 is 9.47 Å². The number of rotatable bonds is 6. The molecule has 0 fully saturated rings. The molecule has 0 spiro atoms. The zero-order valence-corrected chi connectivity index (χ0v) is 10.7. The van der Waals surface area contributed by atoms with Crippen LogP contribution in [0.3, 0.4) is 0 Å². The largest absolute Gasteiger partial charge is 0.454 e. The Morgan fingerprint density at radius 1 is 1.32 bits per heavy atom. The number of aromatic nitrogens is 2. The summed E-state index contributed by atoms with van der Waals surface area (Å²) in [6, 6.07) is 5.99. The average molecular weight is 259 g/mol. The van der Waals surface area contributed by atoms with Gasteiger partial charge in [-0.3, -0.25) is 0 Å². The van der Waals surface area contributed by atoms with Gasteiger partial charge in [0.05, 0.1) is 0 Å². The van der Waals surface area contributed by atoms with Crippen LogP contribution in [-0.4, -0.2) is 23.3 Å². The van der Waals surface area contributed by atoms with E-state index >= 15 is 0 Å². The molecule has 0 radical (unpaired) electrons. The molecule has 0 bridgehead atoms. The number of nitrogens with zero attached hydrogens (tertiary/aromatic N) is 1. The fourth-order valence-corrected chi connectivity index (χ4v) is 2.17. The van der Waals surface area contributed by atoms with E-state index < -0.39 is 0 Å². The fraction of sp³-hybridized carbons (Fsp3) is 0.357. The van der Waals surface area contributed by atoms with E-state index in [0.717, 1.165) is 48.8 Å². The molecule has 0 amide bonds. The molecule has 1 aromatic heterocycles. The molecule has 0 saturated carbocycles. The average Bonchev–Trinajstić information content (AvgIpc) is 3.09. The van der Waals surface area contributed by atoms with Gasteiger partial charge in [0, 0.05) is 30.9 Å². The molecule has 0 aliphatic carbocycles. The van der Waals surface area contributed by atoms with Crippen LogP contribution in [0, 0.1) is 0 Å². The Bertz CT molecular complexity index is 525. The van der Waals surface area contributed by atoms with Crippen molar-refractivity contribution in [1.82, 2.24) is 15.3 Å². The molecular weight excluding hydrogens is 242 g/mol. The lowest BCUT2D eigenvalue weighted by molar-refractivity contribution is 0.173. The summed E-state index contributed by atoms with van der Waals surface area (Å²) in [5.74, 6) is 2.76. The molecule has 2 aromatic rings. The van der Waals surface area contributed by atoms with Crippen LogP contribution < -0.4 is 14.8 Å². The van der Waals surface area contributed by atoms with Crippen LogP contribution in [0.25, 0.3) is 0 Å². The van der Waals surface area contributed by atoms with Crippen molar-refractivity contribution in [1.29, 1.82) is 0 Å². The molecule has 5 nitrogen and oxygen atoms in total. The molecule has 1 aromatic carbocycles. The Morgan fingerprint density at radius 3 is 3.21 bits per heavy atom. The summed E-state index contributed by atoms with van der Waals surface area (Å²) in [6.07, 6.45) is 5.66. The summed E-state index contributed by atoms with van der Waals surface area (Å²) in [5, 5.41) is 3.42. The first-order chi connectivity index (χ1) is 9.43. The summed E-state index contributed by atoms with van der Waals surface area (Å²) in [5.41, 5.74) is 1.15. The first kappa shape index (κ1) is 12.0. The third-order valence-corrected chi connectivity index (χ3v) is 3.12. The van der Waals surface area contributed by atoms with Gasteiger partial charge >= 0.3 is 0 Å². The number of aryl methyl sites for hydroxylation is 1. The summed E-state index contributed by atoms with van der Waals surface area (Å²) in [6.45, 7) is 2.07. The van der Waals surface area contributed by atoms with E-state index in [9.17, 15) is 0 Å². The highest BCUT2D eigenvalue weighted by Gasteiger charge is 2.16. The van der Waals surface area contributed by atoms with E-state index in [1.165, 1.54) is 0 Å². The zero-order valence-electron chi connectivity index (χ0n) is 10.7. The van der Waals surface area contributed by atoms with Gasteiger partial charge in [-0.05, 0) is 19.0 Å². The van der Waals surface area contributed by atoms with E-state index in [2.05, 4.69) is 21.4 Å². The lowest BCUT2D eigenvalue weighted by atomic mass is 10.2. The highest BCUT2D eigenvalue weighted by molar-refractivity contribution is 5.48. The maximum atomic E-state index is 5.47. The Morgan fingerprint density at radius 2 is 2.32 bits per heavy atom. The Hall–Kier alpha value is -2.01. The SMILES string of the molecule is c1cc(CNCCCc2ncc[nH]2)c2c(c1)OCO2. The minimum absolute atomic E-state index is 0.324. The van der Waals surface area contributed by atoms with Gasteiger partial charge in [-0.1, -0.05) is 12.1 Å². The predicted molar refractivity (Wildman–Crippen MR) is 71.2 cm³/mol. The number of H-pyrrole nitrogens is 1. The van der Waals surface area contributed by atoms with Crippen LogP contribution >= 0.6 is 0 Å². The van der Waals surface area contributed by atoms with E-state index in [1.807, 2.05) is 18.3 Å². The Balaban J connectivity index is 1.44. The second-order valence-electron chi connectivity index (χ2n) is 4.47. The lowest BCUT2D eigenvalue weighted by Gasteiger charge is -2.07. The third kappa shape index (κ3) is 2.88. The lowest BCUT2D eigenvalue weighted by Crippen LogP contribution is -2.15. The van der Waals surface area contributed by atoms with Crippen LogP contribution in [0.5, 0.6) is 11.5 Å². The summed E-state index contributed by atoms with van der Waals surface area (Å²) < 4.78 is 10.8. The number of nitrogens with one attached hydrogen (secondary N) is 2. The topological polar surface area (TPSA) is 59.2 Å². The van der Waals surface area contributed by atoms with Crippen molar-refractivity contribution in [2.45, 2.75) is 19.4 Å². The molecule has 1 aliphatic heterocycles. The number of benzene rings is 1. The molecule has 0 unspecified atom stereocenters. The molecule has 0 saturated heterocycles. The van der Waals surface area contributed by atoms with Crippen LogP contribution in [-0.2, 0) is 13.0 Å². The minimum Gasteiger partial charge on any atom is -0.454 e. The quantitative estimate of drug-likeness (QED) is 0.777. The van der Waals surface area contributed by atoms with Crippen LogP contribution in [0.4, 0.5) is 0 Å². The van der Waals surface area contributed by atoms with Gasteiger partial charge in [-0.15, -0.1) is 0 Å². The zero-order chi connectivity index (χ0) is 12.9. The molecule has 5 heteroatoms. The number of imidazole rings is 1. The van der Waals surface area contributed by atoms with Gasteiger partial charge in [0.2, 0.25) is 6.79 Å². The second-order valence-corrected chi connectivity index (χ2v) is 4.47. The second kappa shape index (κ2) is 5.75. The van der Waals surface area contributed by atoms with E-state index in [1.54, 1.807) is 6.20 Å². The van der Waals surface area contributed by atoms with E-state index in [0.29, 0.717) is 6.79 Å². The molecule has 0 atom stereocenters. The van der Waals surface area contributed by atoms with Crippen LogP contribution in [0.2, 0.25) is 0 Å². The number of fused-ring (bicyclic) bond motifs is 1. The van der Waals surface area contributed by atoms with Gasteiger partial charge in [-0.25, -0.2) is 4.98 Å². The first-order valence-electron chi connectivity index (χ1n) is 6.50. The molecule has 1 aliphatic rings. The molecule has 2 heterocycles. The smallest absolute Gasteiger partial charge is 0.231 e. The Labute approximate surface area is 112 Å². The molecule has 3 rings (SSSR count). The number of hydrogen-bond acceptors (Lipinski definition) is 4. The van der Waals surface area contributed by atoms with Crippen molar-refractivity contribution in [3.63, 3.8) is 0 Å². The van der Waals surface area contributed by atoms with Gasteiger partial charge in [0.1, 0.15) is 5.82 Å².